The third-order valence-electron chi connectivity index (χ3n) is 3.61. The van der Waals surface area contributed by atoms with Gasteiger partial charge < -0.3 is 5.11 Å². The summed E-state index contributed by atoms with van der Waals surface area (Å²) >= 11 is 0. The lowest BCUT2D eigenvalue weighted by atomic mass is 9.94. The summed E-state index contributed by atoms with van der Waals surface area (Å²) in [5.41, 5.74) is 3.43. The highest BCUT2D eigenvalue weighted by atomic mass is 16.4. The number of aryl methyl sites for hydroxylation is 1. The van der Waals surface area contributed by atoms with Crippen molar-refractivity contribution >= 4 is 5.97 Å². The van der Waals surface area contributed by atoms with E-state index in [0.717, 1.165) is 42.9 Å². The van der Waals surface area contributed by atoms with Gasteiger partial charge in [-0.3, -0.25) is 9.58 Å². The van der Waals surface area contributed by atoms with Gasteiger partial charge in [0, 0.05) is 32.9 Å². The van der Waals surface area contributed by atoms with Crippen LogP contribution in [0.2, 0.25) is 0 Å². The first-order valence-electron chi connectivity index (χ1n) is 6.55. The molecule has 0 radical (unpaired) electrons. The summed E-state index contributed by atoms with van der Waals surface area (Å²) in [7, 11) is 1.85. The first-order valence-corrected chi connectivity index (χ1v) is 6.55. The van der Waals surface area contributed by atoms with Crippen molar-refractivity contribution in [1.29, 1.82) is 0 Å². The topological polar surface area (TPSA) is 71.2 Å². The zero-order valence-corrected chi connectivity index (χ0v) is 11.3. The number of carboxylic acid groups (broad SMARTS) is 1. The Morgan fingerprint density at radius 3 is 3.00 bits per heavy atom. The minimum Gasteiger partial charge on any atom is -0.478 e. The van der Waals surface area contributed by atoms with Gasteiger partial charge in [-0.2, -0.15) is 0 Å². The molecule has 3 rings (SSSR count). The second-order valence-corrected chi connectivity index (χ2v) is 5.09. The zero-order valence-electron chi connectivity index (χ0n) is 11.3. The number of carboxylic acids is 1. The molecule has 1 aliphatic heterocycles. The van der Waals surface area contributed by atoms with E-state index in [0.29, 0.717) is 5.56 Å². The highest BCUT2D eigenvalue weighted by Gasteiger charge is 2.21. The van der Waals surface area contributed by atoms with E-state index in [1.807, 2.05) is 25.4 Å². The predicted octanol–water partition coefficient (Wildman–Crippen LogP) is 1.07. The second-order valence-electron chi connectivity index (χ2n) is 5.09. The van der Waals surface area contributed by atoms with Gasteiger partial charge in [-0.15, -0.1) is 5.10 Å². The Hall–Kier alpha value is -2.21. The average molecular weight is 272 g/mol. The number of rotatable bonds is 3. The van der Waals surface area contributed by atoms with Gasteiger partial charge in [0.25, 0.3) is 0 Å². The molecule has 104 valence electrons. The Labute approximate surface area is 116 Å². The minimum absolute atomic E-state index is 0.432. The second kappa shape index (κ2) is 5.05. The van der Waals surface area contributed by atoms with Gasteiger partial charge in [-0.25, -0.2) is 4.79 Å². The molecule has 1 aliphatic rings. The molecule has 6 nitrogen and oxygen atoms in total. The maximum absolute atomic E-state index is 11.2. The van der Waals surface area contributed by atoms with Gasteiger partial charge in [0.2, 0.25) is 0 Å². The Morgan fingerprint density at radius 1 is 1.45 bits per heavy atom. The molecule has 0 spiro atoms. The van der Waals surface area contributed by atoms with Crippen LogP contribution in [-0.4, -0.2) is 37.5 Å². The van der Waals surface area contributed by atoms with E-state index < -0.39 is 5.97 Å². The smallest absolute Gasteiger partial charge is 0.335 e. The molecule has 0 bridgehead atoms. The Morgan fingerprint density at radius 2 is 2.30 bits per heavy atom. The molecule has 0 saturated heterocycles. The fourth-order valence-electron chi connectivity index (χ4n) is 2.70. The summed E-state index contributed by atoms with van der Waals surface area (Å²) in [5.74, 6) is -0.843. The van der Waals surface area contributed by atoms with Crippen LogP contribution in [0, 0.1) is 0 Å². The summed E-state index contributed by atoms with van der Waals surface area (Å²) in [6, 6.07) is 5.50. The van der Waals surface area contributed by atoms with Crippen molar-refractivity contribution in [1.82, 2.24) is 19.9 Å². The van der Waals surface area contributed by atoms with E-state index in [1.54, 1.807) is 10.7 Å². The van der Waals surface area contributed by atoms with Gasteiger partial charge in [-0.1, -0.05) is 17.3 Å². The highest BCUT2D eigenvalue weighted by molar-refractivity contribution is 5.89. The fraction of sp³-hybridized carbons (Fsp3) is 0.357. The van der Waals surface area contributed by atoms with Crippen LogP contribution in [0.3, 0.4) is 0 Å². The van der Waals surface area contributed by atoms with Gasteiger partial charge in [-0.05, 0) is 23.6 Å². The number of aromatic carboxylic acids is 1. The quantitative estimate of drug-likeness (QED) is 0.905. The van der Waals surface area contributed by atoms with Gasteiger partial charge in [0.05, 0.1) is 11.3 Å². The molecule has 0 atom stereocenters. The number of fused-ring (bicyclic) bond motifs is 1. The maximum atomic E-state index is 11.2. The number of benzene rings is 1. The SMILES string of the molecule is Cn1cc(CN2CCc3c(cccc3C(=O)O)C2)nn1. The van der Waals surface area contributed by atoms with Crippen molar-refractivity contribution in [2.24, 2.45) is 7.05 Å². The van der Waals surface area contributed by atoms with Crippen LogP contribution in [0.1, 0.15) is 27.2 Å². The molecular weight excluding hydrogens is 256 g/mol. The average Bonchev–Trinajstić information content (AvgIpc) is 2.83. The van der Waals surface area contributed by atoms with Crippen LogP contribution >= 0.6 is 0 Å². The molecule has 0 aliphatic carbocycles. The van der Waals surface area contributed by atoms with Crippen LogP contribution in [0.5, 0.6) is 0 Å². The molecule has 20 heavy (non-hydrogen) atoms. The van der Waals surface area contributed by atoms with Crippen molar-refractivity contribution in [3.63, 3.8) is 0 Å². The lowest BCUT2D eigenvalue weighted by Gasteiger charge is -2.28. The molecule has 1 N–H and O–H groups in total. The van der Waals surface area contributed by atoms with E-state index in [-0.39, 0.29) is 0 Å². The van der Waals surface area contributed by atoms with E-state index in [2.05, 4.69) is 15.2 Å². The van der Waals surface area contributed by atoms with Gasteiger partial charge in [0.1, 0.15) is 0 Å². The van der Waals surface area contributed by atoms with Crippen LogP contribution in [0.15, 0.2) is 24.4 Å². The van der Waals surface area contributed by atoms with Crippen molar-refractivity contribution in [3.8, 4) is 0 Å². The van der Waals surface area contributed by atoms with Crippen LogP contribution in [0.25, 0.3) is 0 Å². The highest BCUT2D eigenvalue weighted by Crippen LogP contribution is 2.23. The van der Waals surface area contributed by atoms with E-state index in [9.17, 15) is 9.90 Å². The molecular formula is C14H16N4O2. The van der Waals surface area contributed by atoms with Crippen molar-refractivity contribution in [2.45, 2.75) is 19.5 Å². The van der Waals surface area contributed by atoms with Crippen LogP contribution < -0.4 is 0 Å². The molecule has 1 aromatic heterocycles. The first kappa shape index (κ1) is 12.8. The predicted molar refractivity (Wildman–Crippen MR) is 72.2 cm³/mol. The minimum atomic E-state index is -0.843. The first-order chi connectivity index (χ1) is 9.63. The van der Waals surface area contributed by atoms with E-state index >= 15 is 0 Å². The summed E-state index contributed by atoms with van der Waals surface area (Å²) in [6.07, 6.45) is 2.67. The Balaban J connectivity index is 1.79. The van der Waals surface area contributed by atoms with E-state index in [1.165, 1.54) is 0 Å². The van der Waals surface area contributed by atoms with Crippen molar-refractivity contribution in [2.75, 3.05) is 6.54 Å². The normalized spacial score (nSPS) is 15.1. The lowest BCUT2D eigenvalue weighted by Crippen LogP contribution is -2.31. The monoisotopic (exact) mass is 272 g/mol. The van der Waals surface area contributed by atoms with Crippen molar-refractivity contribution in [3.05, 3.63) is 46.8 Å². The molecule has 0 saturated carbocycles. The maximum Gasteiger partial charge on any atom is 0.335 e. The van der Waals surface area contributed by atoms with E-state index in [4.69, 9.17) is 0 Å². The molecule has 1 aromatic carbocycles. The summed E-state index contributed by atoms with van der Waals surface area (Å²) in [6.45, 7) is 2.34. The van der Waals surface area contributed by atoms with Crippen molar-refractivity contribution < 1.29 is 9.90 Å². The number of hydrogen-bond donors (Lipinski definition) is 1. The standard InChI is InChI=1S/C14H16N4O2/c1-17-8-11(15-16-17)9-18-6-5-12-10(7-18)3-2-4-13(12)14(19)20/h2-4,8H,5-7,9H2,1H3,(H,19,20). The third-order valence-corrected chi connectivity index (χ3v) is 3.61. The number of nitrogens with zero attached hydrogens (tertiary/aromatic N) is 4. The third kappa shape index (κ3) is 2.42. The zero-order chi connectivity index (χ0) is 14.1. The molecule has 6 heteroatoms. The molecule has 0 amide bonds. The fourth-order valence-corrected chi connectivity index (χ4v) is 2.70. The van der Waals surface area contributed by atoms with Gasteiger partial charge in [0.15, 0.2) is 0 Å². The number of aromatic nitrogens is 3. The molecule has 2 heterocycles. The Kier molecular flexibility index (Phi) is 3.23. The lowest BCUT2D eigenvalue weighted by molar-refractivity contribution is 0.0694. The largest absolute Gasteiger partial charge is 0.478 e. The summed E-state index contributed by atoms with van der Waals surface area (Å²) < 4.78 is 1.69. The van der Waals surface area contributed by atoms with Gasteiger partial charge >= 0.3 is 5.97 Å². The molecule has 0 unspecified atom stereocenters. The summed E-state index contributed by atoms with van der Waals surface area (Å²) in [4.78, 5) is 13.5. The number of carbonyl (C=O) groups is 1. The summed E-state index contributed by atoms with van der Waals surface area (Å²) in [5, 5.41) is 17.2. The van der Waals surface area contributed by atoms with Crippen LogP contribution in [0.4, 0.5) is 0 Å². The molecule has 0 fully saturated rings. The number of hydrogen-bond acceptors (Lipinski definition) is 4. The van der Waals surface area contributed by atoms with Crippen LogP contribution in [-0.2, 0) is 26.6 Å². The molecule has 2 aromatic rings. The Bertz CT molecular complexity index is 650.